The molecule has 0 saturated heterocycles. The van der Waals surface area contributed by atoms with Crippen LogP contribution in [-0.4, -0.2) is 129 Å². The number of aliphatic hydroxyl groups excluding tert-OH is 8. The first kappa shape index (κ1) is 110. The third-order valence-corrected chi connectivity index (χ3v) is 27.6. The minimum absolute atomic E-state index is 0.0134. The van der Waals surface area contributed by atoms with Crippen LogP contribution in [0.25, 0.3) is 10.4 Å². The van der Waals surface area contributed by atoms with Crippen LogP contribution in [0, 0.1) is 41.8 Å². The van der Waals surface area contributed by atoms with Gasteiger partial charge >= 0.3 is 39.3 Å². The molecule has 14 rings (SSSR count). The van der Waals surface area contributed by atoms with Gasteiger partial charge in [0.2, 0.25) is 5.41 Å². The Bertz CT molecular complexity index is 6230. The Morgan fingerprint density at radius 3 is 0.914 bits per heavy atom. The second kappa shape index (κ2) is 48.7. The van der Waals surface area contributed by atoms with Gasteiger partial charge in [-0.2, -0.15) is 31.1 Å². The summed E-state index contributed by atoms with van der Waals surface area (Å²) in [5.74, 6) is -2.03. The van der Waals surface area contributed by atoms with Crippen molar-refractivity contribution in [2.24, 2.45) is 0 Å². The van der Waals surface area contributed by atoms with Gasteiger partial charge in [0.25, 0.3) is 5.78 Å². The zero-order chi connectivity index (χ0) is 102. The highest BCUT2D eigenvalue weighted by Gasteiger charge is 2.73. The summed E-state index contributed by atoms with van der Waals surface area (Å²) in [6, 6.07) is 79.3. The number of allylic oxidation sites excluding steroid dienone is 1. The molecule has 0 fully saturated rings. The van der Waals surface area contributed by atoms with Crippen LogP contribution in [0.5, 0.6) is 34.5 Å². The lowest BCUT2D eigenvalue weighted by molar-refractivity contribution is -0.597. The van der Waals surface area contributed by atoms with Crippen LogP contribution >= 0.6 is 0 Å². The molecule has 139 heavy (non-hydrogen) atoms. The molecule has 0 spiro atoms. The number of halogens is 7. The van der Waals surface area contributed by atoms with E-state index in [0.29, 0.717) is 78.1 Å². The molecule has 0 unspecified atom stereocenters. The maximum atomic E-state index is 14.3. The summed E-state index contributed by atoms with van der Waals surface area (Å²) in [5, 5.41) is 135. The Morgan fingerprint density at radius 2 is 0.619 bits per heavy atom. The first-order valence-electron chi connectivity index (χ1n) is 43.7. The number of phenols is 6. The molecule has 29 heteroatoms. The Hall–Kier alpha value is -12.7. The van der Waals surface area contributed by atoms with Crippen molar-refractivity contribution < 1.29 is 147 Å². The Morgan fingerprint density at radius 1 is 0.345 bits per heavy atom. The molecule has 0 saturated carbocycles. The molecule has 0 amide bonds. The van der Waals surface area contributed by atoms with Crippen LogP contribution in [0.4, 0.5) is 26.3 Å². The number of aromatic hydroxyl groups is 6. The molecule has 14 N–H and O–H groups in total. The smallest absolute Gasteiger partial charge is 0.411 e. The predicted molar refractivity (Wildman–Crippen MR) is 516 cm³/mol. The van der Waals surface area contributed by atoms with Crippen LogP contribution in [0.1, 0.15) is 181 Å². The Kier molecular flexibility index (Phi) is 38.6. The minimum atomic E-state index is -6.06. The number of rotatable bonds is 26. The standard InChI is InChI=1S/C32H34.C19H18F6O6.C19H24O4.C17H20O6.C12H10I.C11H8N2O3S/c1-23-7-13-26(14-8-23)31(4,5)27-19-21-30(22-20-27)32(6,28-15-9-24(2)10-16-28)29-17-11-25(3)12-18-29;20-18(21,22)17(19(23,24)25,13-1-9(5-26)15(30)10(2-13)6-27)14-3-11(7-28)16(31)12(4-14)8-29;1-12-5-14(18(20)16(7-12)10-22-3)9-15-6-13(2)8-17(11-23-4)19(15)21;18-6-12-2-10(3-13(7-19)16(12)22)1-11-4-14(8-20)17(23)15(5-11)9-21;1-3-7-11(8-4-1)13-12-9-5-2-6-10-12;1-17(15,16)10-6-9(13-12)11(14)8-5-3-2-4-7(8)10/h7-22H,1-6H3;1-4,26-31H,5-8H2;5-8,20-21H,9-11H2,1-4H3;2-5,18-23H,1,6-9H2;1-10H;2-6H,1H3/q;;;;+1;. The van der Waals surface area contributed by atoms with Crippen molar-refractivity contribution >= 4 is 26.2 Å². The molecule has 0 aliphatic heterocycles. The molecule has 13 aromatic carbocycles. The normalized spacial score (nSPS) is 12.1. The number of carbonyl (C=O) groups excluding carboxylic acids is 1. The van der Waals surface area contributed by atoms with Gasteiger partial charge in [-0.3, -0.25) is 4.79 Å². The van der Waals surface area contributed by atoms with E-state index >= 15 is 0 Å². The van der Waals surface area contributed by atoms with Crippen molar-refractivity contribution in [1.82, 2.24) is 0 Å². The van der Waals surface area contributed by atoms with Crippen molar-refractivity contribution in [3.05, 3.63) is 429 Å². The molecular formula is C110H114F6IN2O19S+. The second-order valence-electron chi connectivity index (χ2n) is 34.2. The van der Waals surface area contributed by atoms with E-state index < -0.39 is 105 Å². The van der Waals surface area contributed by atoms with E-state index in [-0.39, 0.29) is 97.6 Å². The number of ether oxygens (including phenoxy) is 2. The topological polar surface area (TPSA) is 389 Å². The molecule has 0 aromatic heterocycles. The summed E-state index contributed by atoms with van der Waals surface area (Å²) in [7, 11) is -0.285. The lowest BCUT2D eigenvalue weighted by atomic mass is 9.70. The highest BCUT2D eigenvalue weighted by molar-refractivity contribution is 8.00. The average Bonchev–Trinajstić information content (AvgIpc) is 0.704. The Labute approximate surface area is 814 Å². The number of alkyl halides is 6. The van der Waals surface area contributed by atoms with Crippen LogP contribution in [0.3, 0.4) is 0 Å². The lowest BCUT2D eigenvalue weighted by Crippen LogP contribution is -3.61. The van der Waals surface area contributed by atoms with Crippen LogP contribution in [-0.2, 0) is 114 Å². The molecule has 13 aromatic rings. The summed E-state index contributed by atoms with van der Waals surface area (Å²) in [5.41, 5.74) is 16.7. The summed E-state index contributed by atoms with van der Waals surface area (Å²) < 4.78 is 122. The van der Waals surface area contributed by atoms with Gasteiger partial charge in [-0.15, -0.1) is 0 Å². The number of methoxy groups -OCH3 is 2. The number of hydrogen-bond donors (Lipinski definition) is 14. The van der Waals surface area contributed by atoms with Gasteiger partial charge in [0.1, 0.15) is 34.5 Å². The minimum Gasteiger partial charge on any atom is -0.507 e. The van der Waals surface area contributed by atoms with Crippen LogP contribution in [0.2, 0.25) is 0 Å². The number of aliphatic hydroxyl groups is 8. The van der Waals surface area contributed by atoms with E-state index in [1.807, 2.05) is 38.1 Å². The molecule has 0 heterocycles. The van der Waals surface area contributed by atoms with Crippen molar-refractivity contribution in [2.45, 2.75) is 163 Å². The largest absolute Gasteiger partial charge is 0.507 e. The average molecular weight is 2040 g/mol. The van der Waals surface area contributed by atoms with E-state index in [2.05, 4.69) is 204 Å². The number of sulfone groups is 1. The summed E-state index contributed by atoms with van der Waals surface area (Å²) in [4.78, 5) is 14.6. The number of ketones is 1. The zero-order valence-corrected chi connectivity index (χ0v) is 81.5. The number of Topliss-reactive ketones (excluding diaryl/α,β-unsaturated/α-hetero) is 1. The number of benzene rings is 13. The predicted octanol–water partition coefficient (Wildman–Crippen LogP) is 15.8. The number of fused-ring (bicyclic) bond motifs is 1. The SMILES string of the molecule is COCc1cc(C)cc(Cc2cc(C)cc(COC)c2O)c1O.CS(=O)(=O)C1=CC(=[N+]=[N-])C(=O)c2ccccc21.Cc1ccc(C(C)(C)c2ccc(C(C)(c3ccc(C)cc3)c3ccc(C)cc3)cc2)cc1.OCc1cc(C(c2cc(CO)c(O)c(CO)c2)(C(F)(F)F)C(F)(F)F)cc(CO)c1O.OCc1cc(Cc2cc(CO)c(O)c(CO)c2)cc(CO)c1O.c1ccc([I+]c2ccccc2)cc1. The first-order chi connectivity index (χ1) is 65.9. The molecule has 0 bridgehead atoms. The van der Waals surface area contributed by atoms with E-state index in [0.717, 1.165) is 56.8 Å². The third-order valence-electron chi connectivity index (χ3n) is 23.8. The van der Waals surface area contributed by atoms with E-state index in [1.54, 1.807) is 56.7 Å². The highest BCUT2D eigenvalue weighted by Crippen LogP contribution is 2.58. The first-order valence-corrected chi connectivity index (χ1v) is 47.8. The number of phenolic OH excluding ortho intramolecular Hbond substituents is 2. The lowest BCUT2D eigenvalue weighted by Gasteiger charge is -2.39. The van der Waals surface area contributed by atoms with E-state index in [4.69, 9.17) is 15.0 Å². The zero-order valence-electron chi connectivity index (χ0n) is 78.6. The van der Waals surface area contributed by atoms with E-state index in [1.165, 1.54) is 57.7 Å². The molecule has 21 nitrogen and oxygen atoms in total. The fraction of sp³-hybridized carbons (Fsp3) is 0.255. The van der Waals surface area contributed by atoms with Crippen molar-refractivity contribution in [2.75, 3.05) is 20.5 Å². The molecule has 1 aliphatic rings. The fourth-order valence-electron chi connectivity index (χ4n) is 16.3. The van der Waals surface area contributed by atoms with Gasteiger partial charge in [0.05, 0.1) is 77.0 Å². The molecular weight excluding hydrogens is 1930 g/mol. The summed E-state index contributed by atoms with van der Waals surface area (Å²) in [6.45, 7) is 12.2. The van der Waals surface area contributed by atoms with Gasteiger partial charge < -0.3 is 86.5 Å². The highest BCUT2D eigenvalue weighted by atomic mass is 127. The van der Waals surface area contributed by atoms with Crippen molar-refractivity contribution in [3.63, 3.8) is 0 Å². The molecule has 732 valence electrons. The maximum Gasteiger partial charge on any atom is 0.411 e. The summed E-state index contributed by atoms with van der Waals surface area (Å²) in [6.07, 6.45) is -9.15. The number of aryl methyl sites for hydroxylation is 5. The van der Waals surface area contributed by atoms with Crippen LogP contribution in [0.15, 0.2) is 261 Å². The monoisotopic (exact) mass is 2040 g/mol. The van der Waals surface area contributed by atoms with Gasteiger partial charge in [-0.25, -0.2) is 8.42 Å². The molecule has 1 aliphatic carbocycles. The molecule has 0 atom stereocenters. The quantitative estimate of drug-likeness (QED) is 0.00787. The van der Waals surface area contributed by atoms with Gasteiger partial charge in [0, 0.05) is 104 Å². The van der Waals surface area contributed by atoms with Crippen molar-refractivity contribution in [3.8, 4) is 34.5 Å². The number of nitrogens with zero attached hydrogens (tertiary/aromatic N) is 2. The molecule has 0 radical (unpaired) electrons. The van der Waals surface area contributed by atoms with E-state index in [9.17, 15) is 111 Å². The van der Waals surface area contributed by atoms with Gasteiger partial charge in [-0.1, -0.05) is 224 Å². The Balaban J connectivity index is 0.000000190. The van der Waals surface area contributed by atoms with Crippen molar-refractivity contribution in [1.29, 1.82) is 0 Å². The van der Waals surface area contributed by atoms with Gasteiger partial charge in [-0.05, 0) is 182 Å². The number of hydrogen-bond acceptors (Lipinski definition) is 19. The van der Waals surface area contributed by atoms with Crippen LogP contribution < -0.4 is 21.2 Å². The third kappa shape index (κ3) is 26.5. The maximum absolute atomic E-state index is 14.3. The summed E-state index contributed by atoms with van der Waals surface area (Å²) >= 11 is 0.0287. The fourth-order valence-corrected chi connectivity index (χ4v) is 19.4. The number of carbonyl (C=O) groups is 1. The van der Waals surface area contributed by atoms with Gasteiger partial charge in [0.15, 0.2) is 17.0 Å². The second-order valence-corrected chi connectivity index (χ2v) is 39.2.